The van der Waals surface area contributed by atoms with E-state index in [1.54, 1.807) is 0 Å². The third kappa shape index (κ3) is 1.92. The predicted molar refractivity (Wildman–Crippen MR) is 37.8 cm³/mol. The molecular formula is C7H14FNO. The zero-order valence-electron chi connectivity index (χ0n) is 6.35. The zero-order valence-corrected chi connectivity index (χ0v) is 6.35. The molecule has 2 nitrogen and oxygen atoms in total. The Bertz CT molecular complexity index is 89.6. The molecule has 0 spiro atoms. The molecule has 0 saturated carbocycles. The van der Waals surface area contributed by atoms with Crippen molar-refractivity contribution in [1.82, 2.24) is 4.90 Å². The second-order valence-corrected chi connectivity index (χ2v) is 2.54. The quantitative estimate of drug-likeness (QED) is 0.569. The van der Waals surface area contributed by atoms with E-state index in [-0.39, 0.29) is 12.8 Å². The van der Waals surface area contributed by atoms with Gasteiger partial charge >= 0.3 is 0 Å². The Morgan fingerprint density at radius 2 is 2.50 bits per heavy atom. The van der Waals surface area contributed by atoms with Crippen LogP contribution in [-0.2, 0) is 4.74 Å². The third-order valence-electron chi connectivity index (χ3n) is 1.84. The van der Waals surface area contributed by atoms with Crippen LogP contribution in [0.4, 0.5) is 4.39 Å². The van der Waals surface area contributed by atoms with E-state index in [1.165, 1.54) is 0 Å². The summed E-state index contributed by atoms with van der Waals surface area (Å²) in [7, 11) is 0. The minimum absolute atomic E-state index is 0.173. The van der Waals surface area contributed by atoms with E-state index in [0.29, 0.717) is 6.61 Å². The average Bonchev–Trinajstić information content (AvgIpc) is 2.05. The Morgan fingerprint density at radius 3 is 3.10 bits per heavy atom. The van der Waals surface area contributed by atoms with Crippen LogP contribution in [0.15, 0.2) is 0 Å². The lowest BCUT2D eigenvalue weighted by molar-refractivity contribution is -0.0369. The Morgan fingerprint density at radius 1 is 1.70 bits per heavy atom. The number of halogens is 1. The van der Waals surface area contributed by atoms with Crippen molar-refractivity contribution < 1.29 is 9.13 Å². The van der Waals surface area contributed by atoms with Crippen molar-refractivity contribution in [1.29, 1.82) is 0 Å². The van der Waals surface area contributed by atoms with Crippen molar-refractivity contribution in [2.75, 3.05) is 32.9 Å². The maximum absolute atomic E-state index is 12.0. The smallest absolute Gasteiger partial charge is 0.117 e. The molecule has 1 unspecified atom stereocenters. The molecule has 0 bridgehead atoms. The molecule has 1 aliphatic heterocycles. The standard InChI is InChI=1S/C7H14FNO/c1-2-9-3-4-10-7(5-8)6-9/h7H,2-6H2,1H3. The molecule has 1 rings (SSSR count). The first-order chi connectivity index (χ1) is 4.86. The number of likely N-dealkylation sites (N-methyl/N-ethyl adjacent to an activating group) is 1. The summed E-state index contributed by atoms with van der Waals surface area (Å²) in [6.07, 6.45) is -0.173. The molecule has 0 aromatic heterocycles. The second kappa shape index (κ2) is 3.88. The summed E-state index contributed by atoms with van der Waals surface area (Å²) in [5.74, 6) is 0. The molecule has 10 heavy (non-hydrogen) atoms. The maximum Gasteiger partial charge on any atom is 0.117 e. The van der Waals surface area contributed by atoms with Gasteiger partial charge in [-0.1, -0.05) is 6.92 Å². The van der Waals surface area contributed by atoms with Gasteiger partial charge in [0.05, 0.1) is 12.7 Å². The highest BCUT2D eigenvalue weighted by Crippen LogP contribution is 2.04. The van der Waals surface area contributed by atoms with Crippen molar-refractivity contribution in [2.24, 2.45) is 0 Å². The van der Waals surface area contributed by atoms with E-state index in [4.69, 9.17) is 4.74 Å². The average molecular weight is 147 g/mol. The molecule has 0 aromatic carbocycles. The van der Waals surface area contributed by atoms with Crippen LogP contribution in [0, 0.1) is 0 Å². The van der Waals surface area contributed by atoms with E-state index in [9.17, 15) is 4.39 Å². The molecule has 0 aliphatic carbocycles. The highest BCUT2D eigenvalue weighted by Gasteiger charge is 2.18. The first-order valence-corrected chi connectivity index (χ1v) is 3.76. The van der Waals surface area contributed by atoms with E-state index in [1.807, 2.05) is 0 Å². The maximum atomic E-state index is 12.0. The highest BCUT2D eigenvalue weighted by atomic mass is 19.1. The van der Waals surface area contributed by atoms with Crippen LogP contribution in [0.25, 0.3) is 0 Å². The summed E-state index contributed by atoms with van der Waals surface area (Å²) in [6, 6.07) is 0. The van der Waals surface area contributed by atoms with Crippen LogP contribution in [-0.4, -0.2) is 43.9 Å². The van der Waals surface area contributed by atoms with Crippen molar-refractivity contribution in [3.8, 4) is 0 Å². The Kier molecular flexibility index (Phi) is 3.09. The summed E-state index contributed by atoms with van der Waals surface area (Å²) in [5.41, 5.74) is 0. The second-order valence-electron chi connectivity index (χ2n) is 2.54. The summed E-state index contributed by atoms with van der Waals surface area (Å²) in [4.78, 5) is 2.20. The number of hydrogen-bond donors (Lipinski definition) is 0. The van der Waals surface area contributed by atoms with Crippen molar-refractivity contribution in [2.45, 2.75) is 13.0 Å². The van der Waals surface area contributed by atoms with Crippen molar-refractivity contribution in [3.05, 3.63) is 0 Å². The molecule has 1 heterocycles. The van der Waals surface area contributed by atoms with E-state index >= 15 is 0 Å². The molecule has 1 fully saturated rings. The van der Waals surface area contributed by atoms with Crippen LogP contribution in [0.1, 0.15) is 6.92 Å². The highest BCUT2D eigenvalue weighted by molar-refractivity contribution is 4.68. The van der Waals surface area contributed by atoms with Gasteiger partial charge in [0.25, 0.3) is 0 Å². The van der Waals surface area contributed by atoms with E-state index in [0.717, 1.165) is 19.6 Å². The van der Waals surface area contributed by atoms with E-state index in [2.05, 4.69) is 11.8 Å². The molecule has 1 aliphatic rings. The van der Waals surface area contributed by atoms with Gasteiger partial charge in [-0.2, -0.15) is 0 Å². The number of alkyl halides is 1. The van der Waals surface area contributed by atoms with Crippen LogP contribution >= 0.6 is 0 Å². The largest absolute Gasteiger partial charge is 0.373 e. The number of morpholine rings is 1. The minimum Gasteiger partial charge on any atom is -0.373 e. The molecule has 0 N–H and O–H groups in total. The van der Waals surface area contributed by atoms with Gasteiger partial charge in [-0.05, 0) is 6.54 Å². The molecule has 60 valence electrons. The number of ether oxygens (including phenoxy) is 1. The van der Waals surface area contributed by atoms with Gasteiger partial charge in [0.15, 0.2) is 0 Å². The van der Waals surface area contributed by atoms with Crippen molar-refractivity contribution >= 4 is 0 Å². The van der Waals surface area contributed by atoms with E-state index < -0.39 is 0 Å². The fourth-order valence-corrected chi connectivity index (χ4v) is 1.16. The summed E-state index contributed by atoms with van der Waals surface area (Å²) >= 11 is 0. The van der Waals surface area contributed by atoms with Gasteiger partial charge < -0.3 is 4.74 Å². The Hall–Kier alpha value is -0.150. The van der Waals surface area contributed by atoms with Gasteiger partial charge in [-0.15, -0.1) is 0 Å². The first-order valence-electron chi connectivity index (χ1n) is 3.76. The normalized spacial score (nSPS) is 28.8. The monoisotopic (exact) mass is 147 g/mol. The SMILES string of the molecule is CCN1CCOC(CF)C1. The van der Waals surface area contributed by atoms with Gasteiger partial charge in [0.1, 0.15) is 6.67 Å². The molecular weight excluding hydrogens is 133 g/mol. The lowest BCUT2D eigenvalue weighted by Gasteiger charge is -2.30. The summed E-state index contributed by atoms with van der Waals surface area (Å²) in [5, 5.41) is 0. The molecule has 0 aromatic rings. The minimum atomic E-state index is -0.351. The van der Waals surface area contributed by atoms with Gasteiger partial charge in [-0.25, -0.2) is 4.39 Å². The topological polar surface area (TPSA) is 12.5 Å². The summed E-state index contributed by atoms with van der Waals surface area (Å²) < 4.78 is 17.2. The molecule has 1 atom stereocenters. The van der Waals surface area contributed by atoms with Crippen molar-refractivity contribution in [3.63, 3.8) is 0 Å². The zero-order chi connectivity index (χ0) is 7.40. The summed E-state index contributed by atoms with van der Waals surface area (Å²) in [6.45, 7) is 5.12. The predicted octanol–water partition coefficient (Wildman–Crippen LogP) is 0.677. The van der Waals surface area contributed by atoms with Crippen LogP contribution in [0.5, 0.6) is 0 Å². The van der Waals surface area contributed by atoms with Gasteiger partial charge in [0.2, 0.25) is 0 Å². The van der Waals surface area contributed by atoms with Crippen LogP contribution in [0.3, 0.4) is 0 Å². The van der Waals surface area contributed by atoms with Crippen LogP contribution < -0.4 is 0 Å². The number of rotatable bonds is 2. The first kappa shape index (κ1) is 7.95. The molecule has 0 amide bonds. The van der Waals surface area contributed by atoms with Gasteiger partial charge in [-0.3, -0.25) is 4.90 Å². The van der Waals surface area contributed by atoms with Crippen LogP contribution in [0.2, 0.25) is 0 Å². The lowest BCUT2D eigenvalue weighted by Crippen LogP contribution is -2.43. The Labute approximate surface area is 61.0 Å². The number of nitrogens with zero attached hydrogens (tertiary/aromatic N) is 1. The molecule has 0 radical (unpaired) electrons. The third-order valence-corrected chi connectivity index (χ3v) is 1.84. The number of hydrogen-bond acceptors (Lipinski definition) is 2. The lowest BCUT2D eigenvalue weighted by atomic mass is 10.3. The fraction of sp³-hybridized carbons (Fsp3) is 1.00. The fourth-order valence-electron chi connectivity index (χ4n) is 1.16. The van der Waals surface area contributed by atoms with Gasteiger partial charge in [0, 0.05) is 13.1 Å². The molecule has 1 saturated heterocycles. The Balaban J connectivity index is 2.25. The molecule has 3 heteroatoms.